The lowest BCUT2D eigenvalue weighted by atomic mass is 10.3. The van der Waals surface area contributed by atoms with Gasteiger partial charge in [0.25, 0.3) is 9.05 Å². The fourth-order valence-corrected chi connectivity index (χ4v) is 2.76. The molecule has 1 rings (SSSR count). The molecule has 0 saturated heterocycles. The average Bonchev–Trinajstić information content (AvgIpc) is 2.31. The lowest BCUT2D eigenvalue weighted by Gasteiger charge is -2.16. The van der Waals surface area contributed by atoms with Crippen LogP contribution in [0.5, 0.6) is 17.2 Å². The molecule has 5 nitrogen and oxygen atoms in total. The Bertz CT molecular complexity index is 527. The number of rotatable bonds is 7. The van der Waals surface area contributed by atoms with Crippen molar-refractivity contribution in [2.45, 2.75) is 25.7 Å². The normalized spacial score (nSPS) is 11.2. The molecule has 0 amide bonds. The molecule has 0 saturated carbocycles. The minimum absolute atomic E-state index is 0.0882. The van der Waals surface area contributed by atoms with Crippen molar-refractivity contribution >= 4 is 19.7 Å². The van der Waals surface area contributed by atoms with E-state index >= 15 is 0 Å². The van der Waals surface area contributed by atoms with Crippen molar-refractivity contribution in [3.05, 3.63) is 12.1 Å². The predicted octanol–water partition coefficient (Wildman–Crippen LogP) is 2.81. The Balaban J connectivity index is 3.51. The molecule has 1 aromatic carbocycles. The summed E-state index contributed by atoms with van der Waals surface area (Å²) >= 11 is 0. The monoisotopic (exact) mass is 308 g/mol. The van der Waals surface area contributed by atoms with E-state index in [1.807, 2.05) is 0 Å². The lowest BCUT2D eigenvalue weighted by Crippen LogP contribution is -2.06. The van der Waals surface area contributed by atoms with Gasteiger partial charge in [-0.05, 0) is 32.9 Å². The van der Waals surface area contributed by atoms with Gasteiger partial charge in [-0.25, -0.2) is 8.42 Å². The SMILES string of the molecule is CCOc1ccc(OCC)c(S(=O)(=O)Cl)c1OCC. The topological polar surface area (TPSA) is 61.8 Å². The van der Waals surface area contributed by atoms with Gasteiger partial charge >= 0.3 is 0 Å². The molecular weight excluding hydrogens is 292 g/mol. The highest BCUT2D eigenvalue weighted by Crippen LogP contribution is 2.42. The van der Waals surface area contributed by atoms with Crippen molar-refractivity contribution in [1.82, 2.24) is 0 Å². The lowest BCUT2D eigenvalue weighted by molar-refractivity contribution is 0.272. The van der Waals surface area contributed by atoms with Crippen LogP contribution in [0.25, 0.3) is 0 Å². The third-order valence-corrected chi connectivity index (χ3v) is 3.51. The molecule has 0 unspecified atom stereocenters. The van der Waals surface area contributed by atoms with Crippen molar-refractivity contribution in [2.24, 2.45) is 0 Å². The zero-order chi connectivity index (χ0) is 14.5. The van der Waals surface area contributed by atoms with Crippen LogP contribution in [-0.2, 0) is 9.05 Å². The standard InChI is InChI=1S/C12H17ClO5S/c1-4-16-9-7-8-10(17-5-2)12(19(13,14)15)11(9)18-6-3/h7-8H,4-6H2,1-3H3. The number of halogens is 1. The fourth-order valence-electron chi connectivity index (χ4n) is 1.58. The first-order valence-corrected chi connectivity index (χ1v) is 8.26. The molecular formula is C12H17ClO5S. The summed E-state index contributed by atoms with van der Waals surface area (Å²) in [6.07, 6.45) is 0. The Labute approximate surface area is 117 Å². The highest BCUT2D eigenvalue weighted by Gasteiger charge is 2.26. The van der Waals surface area contributed by atoms with Crippen molar-refractivity contribution in [3.8, 4) is 17.2 Å². The van der Waals surface area contributed by atoms with E-state index in [0.717, 1.165) is 0 Å². The van der Waals surface area contributed by atoms with Gasteiger partial charge in [-0.3, -0.25) is 0 Å². The van der Waals surface area contributed by atoms with Crippen molar-refractivity contribution in [3.63, 3.8) is 0 Å². The Morgan fingerprint density at radius 1 is 0.947 bits per heavy atom. The summed E-state index contributed by atoms with van der Waals surface area (Å²) in [6.45, 7) is 6.28. The zero-order valence-electron chi connectivity index (χ0n) is 11.1. The highest BCUT2D eigenvalue weighted by atomic mass is 35.7. The van der Waals surface area contributed by atoms with Gasteiger partial charge in [0.15, 0.2) is 16.4 Å². The van der Waals surface area contributed by atoms with Gasteiger partial charge in [-0.1, -0.05) is 0 Å². The van der Waals surface area contributed by atoms with Crippen LogP contribution in [0.2, 0.25) is 0 Å². The molecule has 0 aromatic heterocycles. The third-order valence-electron chi connectivity index (χ3n) is 2.17. The number of hydrogen-bond acceptors (Lipinski definition) is 5. The minimum atomic E-state index is -4.01. The first kappa shape index (κ1) is 15.9. The quantitative estimate of drug-likeness (QED) is 0.725. The molecule has 19 heavy (non-hydrogen) atoms. The van der Waals surface area contributed by atoms with Gasteiger partial charge < -0.3 is 14.2 Å². The summed E-state index contributed by atoms with van der Waals surface area (Å²) in [4.78, 5) is -0.191. The molecule has 0 heterocycles. The molecule has 0 aliphatic heterocycles. The summed E-state index contributed by atoms with van der Waals surface area (Å²) in [5.74, 6) is 0.571. The highest BCUT2D eigenvalue weighted by molar-refractivity contribution is 8.14. The van der Waals surface area contributed by atoms with Gasteiger partial charge in [0.2, 0.25) is 0 Å². The minimum Gasteiger partial charge on any atom is -0.492 e. The number of benzene rings is 1. The van der Waals surface area contributed by atoms with Crippen LogP contribution in [-0.4, -0.2) is 28.2 Å². The van der Waals surface area contributed by atoms with Gasteiger partial charge in [0.05, 0.1) is 19.8 Å². The smallest absolute Gasteiger partial charge is 0.268 e. The molecule has 0 aliphatic carbocycles. The summed E-state index contributed by atoms with van der Waals surface area (Å²) < 4.78 is 39.5. The first-order valence-electron chi connectivity index (χ1n) is 5.95. The van der Waals surface area contributed by atoms with Crippen LogP contribution in [0, 0.1) is 0 Å². The zero-order valence-corrected chi connectivity index (χ0v) is 12.7. The Kier molecular flexibility index (Phi) is 5.75. The van der Waals surface area contributed by atoms with E-state index in [-0.39, 0.29) is 23.0 Å². The molecule has 1 aromatic rings. The fraction of sp³-hybridized carbons (Fsp3) is 0.500. The number of hydrogen-bond donors (Lipinski definition) is 0. The maximum absolute atomic E-state index is 11.7. The van der Waals surface area contributed by atoms with Crippen LogP contribution in [0.1, 0.15) is 20.8 Å². The Morgan fingerprint density at radius 2 is 1.42 bits per heavy atom. The summed E-state index contributed by atoms with van der Waals surface area (Å²) in [5, 5.41) is 0. The summed E-state index contributed by atoms with van der Waals surface area (Å²) in [6, 6.07) is 3.11. The largest absolute Gasteiger partial charge is 0.492 e. The maximum atomic E-state index is 11.7. The van der Waals surface area contributed by atoms with Gasteiger partial charge in [0.1, 0.15) is 5.75 Å². The van der Waals surface area contributed by atoms with Gasteiger partial charge in [-0.2, -0.15) is 0 Å². The van der Waals surface area contributed by atoms with E-state index in [9.17, 15) is 8.42 Å². The predicted molar refractivity (Wildman–Crippen MR) is 73.0 cm³/mol. The third kappa shape index (κ3) is 3.91. The van der Waals surface area contributed by atoms with Gasteiger partial charge in [0, 0.05) is 10.7 Å². The Hall–Kier alpha value is -1.14. The van der Waals surface area contributed by atoms with Crippen molar-refractivity contribution in [2.75, 3.05) is 19.8 Å². The molecule has 0 bridgehead atoms. The summed E-state index contributed by atoms with van der Waals surface area (Å²) in [5.41, 5.74) is 0. The molecule has 0 radical (unpaired) electrons. The average molecular weight is 309 g/mol. The van der Waals surface area contributed by atoms with Crippen molar-refractivity contribution < 1.29 is 22.6 Å². The van der Waals surface area contributed by atoms with E-state index in [1.165, 1.54) is 6.07 Å². The van der Waals surface area contributed by atoms with Gasteiger partial charge in [-0.15, -0.1) is 0 Å². The molecule has 0 aliphatic rings. The number of ether oxygens (including phenoxy) is 3. The van der Waals surface area contributed by atoms with Crippen LogP contribution < -0.4 is 14.2 Å². The van der Waals surface area contributed by atoms with Crippen LogP contribution in [0.15, 0.2) is 17.0 Å². The Morgan fingerprint density at radius 3 is 1.89 bits per heavy atom. The van der Waals surface area contributed by atoms with E-state index in [2.05, 4.69) is 0 Å². The molecule has 0 spiro atoms. The van der Waals surface area contributed by atoms with Crippen LogP contribution >= 0.6 is 10.7 Å². The second kappa shape index (κ2) is 6.86. The van der Waals surface area contributed by atoms with Crippen LogP contribution in [0.4, 0.5) is 0 Å². The molecule has 108 valence electrons. The molecule has 0 N–H and O–H groups in total. The second-order valence-electron chi connectivity index (χ2n) is 3.46. The molecule has 0 atom stereocenters. The summed E-state index contributed by atoms with van der Waals surface area (Å²) in [7, 11) is 1.46. The van der Waals surface area contributed by atoms with E-state index in [4.69, 9.17) is 24.9 Å². The maximum Gasteiger partial charge on any atom is 0.268 e. The first-order chi connectivity index (χ1) is 8.95. The van der Waals surface area contributed by atoms with Crippen molar-refractivity contribution in [1.29, 1.82) is 0 Å². The van der Waals surface area contributed by atoms with E-state index < -0.39 is 9.05 Å². The second-order valence-corrected chi connectivity index (χ2v) is 5.96. The van der Waals surface area contributed by atoms with Crippen LogP contribution in [0.3, 0.4) is 0 Å². The van der Waals surface area contributed by atoms with E-state index in [1.54, 1.807) is 26.8 Å². The molecule has 0 fully saturated rings. The molecule has 7 heteroatoms. The van der Waals surface area contributed by atoms with E-state index in [0.29, 0.717) is 19.0 Å².